The van der Waals surface area contributed by atoms with Gasteiger partial charge in [0.25, 0.3) is 0 Å². The molecule has 0 saturated heterocycles. The van der Waals surface area contributed by atoms with E-state index < -0.39 is 0 Å². The van der Waals surface area contributed by atoms with Gasteiger partial charge in [0.05, 0.1) is 0 Å². The molecule has 2 aliphatic rings. The third kappa shape index (κ3) is 3.30. The van der Waals surface area contributed by atoms with Crippen molar-refractivity contribution in [2.45, 2.75) is 45.2 Å². The van der Waals surface area contributed by atoms with Gasteiger partial charge in [-0.25, -0.2) is 0 Å². The molecule has 0 atom stereocenters. The van der Waals surface area contributed by atoms with Crippen molar-refractivity contribution in [1.29, 1.82) is 0 Å². The van der Waals surface area contributed by atoms with Crippen molar-refractivity contribution in [2.24, 2.45) is 5.92 Å². The summed E-state index contributed by atoms with van der Waals surface area (Å²) >= 11 is 0. The van der Waals surface area contributed by atoms with Crippen LogP contribution in [0.25, 0.3) is 0 Å². The molecule has 1 aliphatic heterocycles. The van der Waals surface area contributed by atoms with Crippen LogP contribution in [0.4, 0.5) is 11.4 Å². The van der Waals surface area contributed by atoms with E-state index in [9.17, 15) is 4.79 Å². The van der Waals surface area contributed by atoms with Gasteiger partial charge in [0, 0.05) is 30.9 Å². The number of carbonyl (C=O) groups is 1. The molecule has 3 heteroatoms. The van der Waals surface area contributed by atoms with E-state index in [1.807, 2.05) is 12.1 Å². The van der Waals surface area contributed by atoms with Crippen LogP contribution in [0.2, 0.25) is 0 Å². The number of nitrogens with zero attached hydrogens (tertiary/aromatic N) is 1. The van der Waals surface area contributed by atoms with Crippen LogP contribution >= 0.6 is 0 Å². The van der Waals surface area contributed by atoms with Gasteiger partial charge >= 0.3 is 0 Å². The number of amides is 1. The number of nitrogens with one attached hydrogen (secondary N) is 1. The highest BCUT2D eigenvalue weighted by Crippen LogP contribution is 2.30. The van der Waals surface area contributed by atoms with Crippen LogP contribution in [0.1, 0.15) is 43.2 Å². The van der Waals surface area contributed by atoms with E-state index in [2.05, 4.69) is 46.6 Å². The van der Waals surface area contributed by atoms with Crippen LogP contribution in [0.3, 0.4) is 0 Å². The van der Waals surface area contributed by atoms with E-state index in [1.54, 1.807) is 0 Å². The SMILES string of the molecule is O=C(CC1CCCC1)Nc1ccc(N2Cc3ccccc3C2)cc1. The predicted molar refractivity (Wildman–Crippen MR) is 98.0 cm³/mol. The Morgan fingerprint density at radius 3 is 2.21 bits per heavy atom. The highest BCUT2D eigenvalue weighted by molar-refractivity contribution is 5.91. The van der Waals surface area contributed by atoms with Gasteiger partial charge in [0.15, 0.2) is 0 Å². The number of anilines is 2. The van der Waals surface area contributed by atoms with Crippen molar-refractivity contribution in [3.63, 3.8) is 0 Å². The van der Waals surface area contributed by atoms with Crippen LogP contribution in [0.15, 0.2) is 48.5 Å². The lowest BCUT2D eigenvalue weighted by molar-refractivity contribution is -0.117. The van der Waals surface area contributed by atoms with E-state index in [-0.39, 0.29) is 5.91 Å². The van der Waals surface area contributed by atoms with Crippen molar-refractivity contribution in [3.8, 4) is 0 Å². The Hall–Kier alpha value is -2.29. The summed E-state index contributed by atoms with van der Waals surface area (Å²) in [7, 11) is 0. The van der Waals surface area contributed by atoms with Gasteiger partial charge in [-0.1, -0.05) is 37.1 Å². The lowest BCUT2D eigenvalue weighted by Crippen LogP contribution is -2.16. The fraction of sp³-hybridized carbons (Fsp3) is 0.381. The van der Waals surface area contributed by atoms with Crippen molar-refractivity contribution in [1.82, 2.24) is 0 Å². The maximum absolute atomic E-state index is 12.1. The smallest absolute Gasteiger partial charge is 0.224 e. The van der Waals surface area contributed by atoms with Gasteiger partial charge in [-0.2, -0.15) is 0 Å². The zero-order chi connectivity index (χ0) is 16.4. The molecule has 0 aromatic heterocycles. The van der Waals surface area contributed by atoms with Crippen molar-refractivity contribution in [3.05, 3.63) is 59.7 Å². The van der Waals surface area contributed by atoms with Crippen LogP contribution in [0, 0.1) is 5.92 Å². The largest absolute Gasteiger partial charge is 0.363 e. The van der Waals surface area contributed by atoms with Crippen molar-refractivity contribution in [2.75, 3.05) is 10.2 Å². The topological polar surface area (TPSA) is 32.3 Å². The minimum atomic E-state index is 0.156. The van der Waals surface area contributed by atoms with E-state index >= 15 is 0 Å². The average Bonchev–Trinajstić information content (AvgIpc) is 3.24. The normalized spacial score (nSPS) is 17.1. The maximum atomic E-state index is 12.1. The number of rotatable bonds is 4. The Balaban J connectivity index is 1.36. The van der Waals surface area contributed by atoms with Gasteiger partial charge < -0.3 is 10.2 Å². The predicted octanol–water partition coefficient (Wildman–Crippen LogP) is 4.73. The second-order valence-electron chi connectivity index (χ2n) is 7.07. The van der Waals surface area contributed by atoms with Gasteiger partial charge in [-0.05, 0) is 54.2 Å². The molecule has 2 aromatic rings. The molecule has 1 heterocycles. The minimum Gasteiger partial charge on any atom is -0.363 e. The first-order valence-corrected chi connectivity index (χ1v) is 8.99. The van der Waals surface area contributed by atoms with Crippen LogP contribution in [-0.4, -0.2) is 5.91 Å². The molecule has 0 spiro atoms. The molecule has 1 saturated carbocycles. The Bertz CT molecular complexity index is 692. The zero-order valence-corrected chi connectivity index (χ0v) is 14.0. The maximum Gasteiger partial charge on any atom is 0.224 e. The van der Waals surface area contributed by atoms with Crippen LogP contribution < -0.4 is 10.2 Å². The highest BCUT2D eigenvalue weighted by Gasteiger charge is 2.20. The third-order valence-corrected chi connectivity index (χ3v) is 5.31. The molecule has 0 unspecified atom stereocenters. The number of fused-ring (bicyclic) bond motifs is 1. The van der Waals surface area contributed by atoms with Crippen LogP contribution in [0.5, 0.6) is 0 Å². The Morgan fingerprint density at radius 1 is 0.958 bits per heavy atom. The van der Waals surface area contributed by atoms with E-state index in [4.69, 9.17) is 0 Å². The molecule has 3 nitrogen and oxygen atoms in total. The average molecular weight is 320 g/mol. The summed E-state index contributed by atoms with van der Waals surface area (Å²) in [5, 5.41) is 3.05. The van der Waals surface area contributed by atoms with Gasteiger partial charge in [-0.3, -0.25) is 4.79 Å². The second-order valence-corrected chi connectivity index (χ2v) is 7.07. The molecular weight excluding hydrogens is 296 g/mol. The molecule has 24 heavy (non-hydrogen) atoms. The molecule has 1 aliphatic carbocycles. The summed E-state index contributed by atoms with van der Waals surface area (Å²) in [5.74, 6) is 0.746. The van der Waals surface area contributed by atoms with Crippen molar-refractivity contribution < 1.29 is 4.79 Å². The lowest BCUT2D eigenvalue weighted by atomic mass is 10.0. The molecule has 0 radical (unpaired) electrons. The fourth-order valence-electron chi connectivity index (χ4n) is 3.96. The highest BCUT2D eigenvalue weighted by atomic mass is 16.1. The van der Waals surface area contributed by atoms with Gasteiger partial charge in [-0.15, -0.1) is 0 Å². The Morgan fingerprint density at radius 2 is 1.58 bits per heavy atom. The van der Waals surface area contributed by atoms with Crippen LogP contribution in [-0.2, 0) is 17.9 Å². The third-order valence-electron chi connectivity index (χ3n) is 5.31. The van der Waals surface area contributed by atoms with Gasteiger partial charge in [0.2, 0.25) is 5.91 Å². The first kappa shape index (κ1) is 15.3. The molecule has 1 N–H and O–H groups in total. The van der Waals surface area contributed by atoms with Crippen molar-refractivity contribution >= 4 is 17.3 Å². The number of carbonyl (C=O) groups excluding carboxylic acids is 1. The molecule has 1 amide bonds. The Kier molecular flexibility index (Phi) is 4.24. The van der Waals surface area contributed by atoms with E-state index in [0.717, 1.165) is 18.8 Å². The summed E-state index contributed by atoms with van der Waals surface area (Å²) in [6.45, 7) is 1.92. The molecule has 2 aromatic carbocycles. The molecule has 124 valence electrons. The fourth-order valence-corrected chi connectivity index (χ4v) is 3.96. The first-order chi connectivity index (χ1) is 11.8. The number of hydrogen-bond acceptors (Lipinski definition) is 2. The summed E-state index contributed by atoms with van der Waals surface area (Å²) in [6, 6.07) is 16.9. The number of benzene rings is 2. The molecule has 4 rings (SSSR count). The monoisotopic (exact) mass is 320 g/mol. The van der Waals surface area contributed by atoms with E-state index in [1.165, 1.54) is 42.5 Å². The quantitative estimate of drug-likeness (QED) is 0.883. The second kappa shape index (κ2) is 6.68. The minimum absolute atomic E-state index is 0.156. The summed E-state index contributed by atoms with van der Waals surface area (Å²) < 4.78 is 0. The summed E-state index contributed by atoms with van der Waals surface area (Å²) in [5.41, 5.74) is 4.93. The molecular formula is C21H24N2O. The first-order valence-electron chi connectivity index (χ1n) is 8.99. The molecule has 0 bridgehead atoms. The van der Waals surface area contributed by atoms with Gasteiger partial charge in [0.1, 0.15) is 0 Å². The standard InChI is InChI=1S/C21H24N2O/c24-21(13-16-5-1-2-6-16)22-19-9-11-20(12-10-19)23-14-17-7-3-4-8-18(17)15-23/h3-4,7-12,16H,1-2,5-6,13-15H2,(H,22,24). The molecule has 1 fully saturated rings. The Labute approximate surface area is 143 Å². The summed E-state index contributed by atoms with van der Waals surface area (Å²) in [6.07, 6.45) is 5.66. The summed E-state index contributed by atoms with van der Waals surface area (Å²) in [4.78, 5) is 14.5. The zero-order valence-electron chi connectivity index (χ0n) is 14.0. The number of hydrogen-bond donors (Lipinski definition) is 1. The van der Waals surface area contributed by atoms with E-state index in [0.29, 0.717) is 12.3 Å². The lowest BCUT2D eigenvalue weighted by Gasteiger charge is -2.18.